The zero-order chi connectivity index (χ0) is 22.7. The van der Waals surface area contributed by atoms with Crippen LogP contribution >= 0.6 is 0 Å². The molecule has 3 aromatic carbocycles. The van der Waals surface area contributed by atoms with Crippen LogP contribution in [0.5, 0.6) is 5.75 Å². The maximum Gasteiger partial charge on any atom is 0.266 e. The fourth-order valence-corrected chi connectivity index (χ4v) is 3.59. The Labute approximate surface area is 186 Å². The Morgan fingerprint density at radius 1 is 0.906 bits per heavy atom. The second kappa shape index (κ2) is 9.06. The summed E-state index contributed by atoms with van der Waals surface area (Å²) >= 11 is 0. The highest BCUT2D eigenvalue weighted by Gasteiger charge is 2.36. The maximum atomic E-state index is 12.6. The molecule has 0 unspecified atom stereocenters. The van der Waals surface area contributed by atoms with Gasteiger partial charge in [0.2, 0.25) is 0 Å². The summed E-state index contributed by atoms with van der Waals surface area (Å²) < 4.78 is 5.57. The van der Waals surface area contributed by atoms with Gasteiger partial charge in [-0.2, -0.15) is 0 Å². The third-order valence-corrected chi connectivity index (χ3v) is 5.63. The van der Waals surface area contributed by atoms with E-state index < -0.39 is 0 Å². The molecule has 3 amide bonds. The molecule has 0 spiro atoms. The molecule has 1 aliphatic heterocycles. The zero-order valence-electron chi connectivity index (χ0n) is 18.0. The first-order valence-electron chi connectivity index (χ1n) is 10.6. The van der Waals surface area contributed by atoms with Crippen molar-refractivity contribution in [1.82, 2.24) is 0 Å². The summed E-state index contributed by atoms with van der Waals surface area (Å²) in [7, 11) is 0. The van der Waals surface area contributed by atoms with Crippen LogP contribution in [0.3, 0.4) is 0 Å². The van der Waals surface area contributed by atoms with E-state index in [1.165, 1.54) is 5.56 Å². The van der Waals surface area contributed by atoms with Crippen LogP contribution in [0.4, 0.5) is 11.4 Å². The molecule has 0 aromatic heterocycles. The summed E-state index contributed by atoms with van der Waals surface area (Å²) in [6, 6.07) is 21.1. The molecule has 32 heavy (non-hydrogen) atoms. The SMILES string of the molecule is CC[C@H](C)c1ccc(OCC(=O)Nc2ccc(N3C(=O)c4ccccc4C3=O)cc2)cc1. The molecule has 0 fully saturated rings. The van der Waals surface area contributed by atoms with Crippen LogP contribution in [0.25, 0.3) is 0 Å². The summed E-state index contributed by atoms with van der Waals surface area (Å²) in [4.78, 5) is 38.6. The molecule has 0 bridgehead atoms. The molecular weight excluding hydrogens is 404 g/mol. The third kappa shape index (κ3) is 4.25. The summed E-state index contributed by atoms with van der Waals surface area (Å²) in [5, 5.41) is 2.76. The first-order chi connectivity index (χ1) is 15.5. The number of fused-ring (bicyclic) bond motifs is 1. The first kappa shape index (κ1) is 21.3. The fraction of sp³-hybridized carbons (Fsp3) is 0.192. The molecule has 6 nitrogen and oxygen atoms in total. The van der Waals surface area contributed by atoms with Crippen LogP contribution in [0, 0.1) is 0 Å². The average molecular weight is 428 g/mol. The van der Waals surface area contributed by atoms with E-state index >= 15 is 0 Å². The van der Waals surface area contributed by atoms with Gasteiger partial charge >= 0.3 is 0 Å². The highest BCUT2D eigenvalue weighted by molar-refractivity contribution is 6.34. The van der Waals surface area contributed by atoms with Crippen LogP contribution in [0.2, 0.25) is 0 Å². The fourth-order valence-electron chi connectivity index (χ4n) is 3.59. The number of nitrogens with zero attached hydrogens (tertiary/aromatic N) is 1. The van der Waals surface area contributed by atoms with Crippen LogP contribution in [0.15, 0.2) is 72.8 Å². The lowest BCUT2D eigenvalue weighted by Crippen LogP contribution is -2.29. The van der Waals surface area contributed by atoms with Gasteiger partial charge in [-0.25, -0.2) is 4.90 Å². The molecule has 0 aliphatic carbocycles. The van der Waals surface area contributed by atoms with Gasteiger partial charge < -0.3 is 10.1 Å². The number of benzene rings is 3. The number of rotatable bonds is 7. The summed E-state index contributed by atoms with van der Waals surface area (Å²) in [6.45, 7) is 4.19. The second-order valence-corrected chi connectivity index (χ2v) is 7.75. The maximum absolute atomic E-state index is 12.6. The lowest BCUT2D eigenvalue weighted by molar-refractivity contribution is -0.118. The van der Waals surface area contributed by atoms with E-state index in [1.807, 2.05) is 24.3 Å². The van der Waals surface area contributed by atoms with E-state index in [-0.39, 0.29) is 24.3 Å². The van der Waals surface area contributed by atoms with E-state index in [4.69, 9.17) is 4.74 Å². The van der Waals surface area contributed by atoms with Gasteiger partial charge in [0.05, 0.1) is 16.8 Å². The van der Waals surface area contributed by atoms with Gasteiger partial charge in [-0.15, -0.1) is 0 Å². The van der Waals surface area contributed by atoms with Crippen molar-refractivity contribution in [3.8, 4) is 5.75 Å². The van der Waals surface area contributed by atoms with Gasteiger partial charge in [0, 0.05) is 5.69 Å². The minimum atomic E-state index is -0.352. The van der Waals surface area contributed by atoms with Gasteiger partial charge in [0.25, 0.3) is 17.7 Å². The van der Waals surface area contributed by atoms with Crippen molar-refractivity contribution >= 4 is 29.1 Å². The number of imide groups is 1. The Bertz CT molecular complexity index is 1120. The molecule has 1 N–H and O–H groups in total. The Balaban J connectivity index is 1.34. The Morgan fingerprint density at radius 2 is 1.50 bits per heavy atom. The second-order valence-electron chi connectivity index (χ2n) is 7.75. The van der Waals surface area contributed by atoms with E-state index in [0.717, 1.165) is 11.3 Å². The highest BCUT2D eigenvalue weighted by Crippen LogP contribution is 2.29. The molecule has 1 aliphatic rings. The largest absolute Gasteiger partial charge is 0.484 e. The number of hydrogen-bond donors (Lipinski definition) is 1. The molecule has 3 aromatic rings. The molecule has 4 rings (SSSR count). The van der Waals surface area contributed by atoms with Crippen molar-refractivity contribution in [3.05, 3.63) is 89.5 Å². The number of ether oxygens (including phenoxy) is 1. The van der Waals surface area contributed by atoms with E-state index in [1.54, 1.807) is 48.5 Å². The molecular formula is C26H24N2O4. The summed E-state index contributed by atoms with van der Waals surface area (Å²) in [6.07, 6.45) is 1.06. The number of nitrogens with one attached hydrogen (secondary N) is 1. The minimum absolute atomic E-state index is 0.122. The lowest BCUT2D eigenvalue weighted by Gasteiger charge is -2.15. The van der Waals surface area contributed by atoms with Crippen molar-refractivity contribution in [2.24, 2.45) is 0 Å². The van der Waals surface area contributed by atoms with Crippen LogP contribution in [-0.2, 0) is 4.79 Å². The first-order valence-corrected chi connectivity index (χ1v) is 10.6. The van der Waals surface area contributed by atoms with Gasteiger partial charge in [-0.05, 0) is 66.4 Å². The number of carbonyl (C=O) groups is 3. The van der Waals surface area contributed by atoms with Crippen molar-refractivity contribution in [3.63, 3.8) is 0 Å². The molecule has 6 heteroatoms. The Kier molecular flexibility index (Phi) is 6.03. The van der Waals surface area contributed by atoms with Crippen molar-refractivity contribution < 1.29 is 19.1 Å². The van der Waals surface area contributed by atoms with E-state index in [2.05, 4.69) is 19.2 Å². The van der Waals surface area contributed by atoms with Crippen LogP contribution in [0.1, 0.15) is 52.5 Å². The molecule has 0 saturated heterocycles. The monoisotopic (exact) mass is 428 g/mol. The summed E-state index contributed by atoms with van der Waals surface area (Å²) in [5.74, 6) is 0.110. The molecule has 0 radical (unpaired) electrons. The molecule has 1 heterocycles. The highest BCUT2D eigenvalue weighted by atomic mass is 16.5. The van der Waals surface area contributed by atoms with E-state index in [9.17, 15) is 14.4 Å². The predicted molar refractivity (Wildman–Crippen MR) is 123 cm³/mol. The standard InChI is InChI=1S/C26H24N2O4/c1-3-17(2)18-8-14-21(15-9-18)32-16-24(29)27-19-10-12-20(13-11-19)28-25(30)22-6-4-5-7-23(22)26(28)31/h4-15,17H,3,16H2,1-2H3,(H,27,29)/t17-/m0/s1. The van der Waals surface area contributed by atoms with E-state index in [0.29, 0.717) is 34.2 Å². The number of hydrogen-bond acceptors (Lipinski definition) is 4. The number of anilines is 2. The normalized spacial score (nSPS) is 13.6. The minimum Gasteiger partial charge on any atom is -0.484 e. The Morgan fingerprint density at radius 3 is 2.06 bits per heavy atom. The lowest BCUT2D eigenvalue weighted by atomic mass is 9.99. The van der Waals surface area contributed by atoms with Gasteiger partial charge in [-0.1, -0.05) is 38.1 Å². The third-order valence-electron chi connectivity index (χ3n) is 5.63. The smallest absolute Gasteiger partial charge is 0.266 e. The Hall–Kier alpha value is -3.93. The van der Waals surface area contributed by atoms with Crippen LogP contribution in [-0.4, -0.2) is 24.3 Å². The van der Waals surface area contributed by atoms with Crippen molar-refractivity contribution in [2.75, 3.05) is 16.8 Å². The number of carbonyl (C=O) groups excluding carboxylic acids is 3. The molecule has 162 valence electrons. The zero-order valence-corrected chi connectivity index (χ0v) is 18.0. The summed E-state index contributed by atoms with van der Waals surface area (Å²) in [5.41, 5.74) is 3.02. The molecule has 0 saturated carbocycles. The van der Waals surface area contributed by atoms with Crippen LogP contribution < -0.4 is 15.0 Å². The quantitative estimate of drug-likeness (QED) is 0.536. The van der Waals surface area contributed by atoms with Crippen molar-refractivity contribution in [1.29, 1.82) is 0 Å². The predicted octanol–water partition coefficient (Wildman–Crippen LogP) is 5.02. The van der Waals surface area contributed by atoms with Gasteiger partial charge in [0.1, 0.15) is 5.75 Å². The van der Waals surface area contributed by atoms with Crippen molar-refractivity contribution in [2.45, 2.75) is 26.2 Å². The number of amides is 3. The average Bonchev–Trinajstić information content (AvgIpc) is 3.08. The topological polar surface area (TPSA) is 75.7 Å². The van der Waals surface area contributed by atoms with Gasteiger partial charge in [-0.3, -0.25) is 14.4 Å². The molecule has 1 atom stereocenters. The van der Waals surface area contributed by atoms with Gasteiger partial charge in [0.15, 0.2) is 6.61 Å².